The first-order chi connectivity index (χ1) is 32.0. The van der Waals surface area contributed by atoms with Gasteiger partial charge in [-0.2, -0.15) is 0 Å². The molecule has 68 heavy (non-hydrogen) atoms. The zero-order chi connectivity index (χ0) is 50.1. The van der Waals surface area contributed by atoms with Crippen LogP contribution in [0.1, 0.15) is 251 Å². The van der Waals surface area contributed by atoms with E-state index in [1.165, 1.54) is 168 Å². The minimum atomic E-state index is -0.160. The maximum atomic E-state index is 4.68. The highest BCUT2D eigenvalue weighted by atomic mass is 32.2. The summed E-state index contributed by atoms with van der Waals surface area (Å²) in [6, 6.07) is 34.0. The smallest absolute Gasteiger partial charge is 0.0215 e. The Morgan fingerprint density at radius 3 is 1.34 bits per heavy atom. The van der Waals surface area contributed by atoms with Gasteiger partial charge in [-0.25, -0.2) is 0 Å². The van der Waals surface area contributed by atoms with E-state index in [4.69, 9.17) is 0 Å². The fourth-order valence-corrected chi connectivity index (χ4v) is 11.7. The number of thioether (sulfide) groups is 1. The normalized spacial score (nSPS) is 14.6. The molecule has 0 aromatic heterocycles. The highest BCUT2D eigenvalue weighted by Gasteiger charge is 2.44. The molecule has 0 aliphatic heterocycles. The molecule has 370 valence electrons. The standard InChI is InChI=1S/C61H82S.C6H14/c1-14-16-18-20-22-24-38-61(39-25-23-21-19-17-15-2)55-40-49(59(10,11)47-30-26-44(5)27-31-47)34-36-51(55)52-37-35-50(41-56(52)61)60(12,13)48-32-28-46(29-33-48)45(6)54-42-53(43(3)4)57(54)62-58(7,8)9;1-5-6(2,3)4/h26-37,40-41H,6,14-25,38-39,42H2,1-5,7-13H3;5H2,1-4H3. The second kappa shape index (κ2) is 23.6. The highest BCUT2D eigenvalue weighted by Crippen LogP contribution is 2.57. The van der Waals surface area contributed by atoms with E-state index in [1.54, 1.807) is 11.1 Å². The summed E-state index contributed by atoms with van der Waals surface area (Å²) in [7, 11) is 0. The van der Waals surface area contributed by atoms with Crippen molar-refractivity contribution in [1.82, 2.24) is 0 Å². The Kier molecular flexibility index (Phi) is 19.2. The topological polar surface area (TPSA) is 0 Å². The summed E-state index contributed by atoms with van der Waals surface area (Å²) in [5.74, 6) is 0. The van der Waals surface area contributed by atoms with Gasteiger partial charge in [-0.1, -0.05) is 276 Å². The van der Waals surface area contributed by atoms with Gasteiger partial charge in [-0.3, -0.25) is 0 Å². The number of hydrogen-bond acceptors (Lipinski definition) is 1. The van der Waals surface area contributed by atoms with E-state index in [1.807, 2.05) is 11.8 Å². The lowest BCUT2D eigenvalue weighted by Gasteiger charge is -2.36. The molecule has 0 spiro atoms. The Balaban J connectivity index is 0.00000135. The molecule has 0 unspecified atom stereocenters. The molecule has 0 saturated heterocycles. The van der Waals surface area contributed by atoms with Crippen molar-refractivity contribution in [2.45, 2.75) is 235 Å². The van der Waals surface area contributed by atoms with Crippen LogP contribution in [0.15, 0.2) is 113 Å². The molecule has 2 aliphatic carbocycles. The Morgan fingerprint density at radius 2 is 0.941 bits per heavy atom. The summed E-state index contributed by atoms with van der Waals surface area (Å²) >= 11 is 2.00. The molecule has 0 bridgehead atoms. The Bertz CT molecular complexity index is 2320. The Labute approximate surface area is 423 Å². The van der Waals surface area contributed by atoms with Gasteiger partial charge in [0.15, 0.2) is 0 Å². The van der Waals surface area contributed by atoms with E-state index in [-0.39, 0.29) is 21.0 Å². The summed E-state index contributed by atoms with van der Waals surface area (Å²) < 4.78 is 0.161. The minimum absolute atomic E-state index is 0.0106. The van der Waals surface area contributed by atoms with Crippen molar-refractivity contribution >= 4 is 17.3 Å². The van der Waals surface area contributed by atoms with Gasteiger partial charge in [0.25, 0.3) is 0 Å². The van der Waals surface area contributed by atoms with Crippen molar-refractivity contribution in [2.24, 2.45) is 5.41 Å². The minimum Gasteiger partial charge on any atom is -0.120 e. The predicted molar refractivity (Wildman–Crippen MR) is 307 cm³/mol. The Hall–Kier alpha value is -3.55. The van der Waals surface area contributed by atoms with Crippen molar-refractivity contribution in [1.29, 1.82) is 0 Å². The fourth-order valence-electron chi connectivity index (χ4n) is 10.4. The fraction of sp³-hybridized carbons (Fsp3) is 0.552. The lowest BCUT2D eigenvalue weighted by Crippen LogP contribution is -2.28. The summed E-state index contributed by atoms with van der Waals surface area (Å²) in [4.78, 5) is 1.45. The summed E-state index contributed by atoms with van der Waals surface area (Å²) in [6.07, 6.45) is 20.7. The van der Waals surface area contributed by atoms with Crippen molar-refractivity contribution in [2.75, 3.05) is 0 Å². The first kappa shape index (κ1) is 55.4. The van der Waals surface area contributed by atoms with Crippen molar-refractivity contribution in [3.05, 3.63) is 158 Å². The second-order valence-corrected chi connectivity index (χ2v) is 26.2. The molecule has 0 radical (unpaired) electrons. The van der Waals surface area contributed by atoms with Gasteiger partial charge >= 0.3 is 0 Å². The third kappa shape index (κ3) is 13.4. The maximum absolute atomic E-state index is 4.68. The molecule has 6 rings (SSSR count). The molecule has 0 amide bonds. The molecule has 0 N–H and O–H groups in total. The summed E-state index contributed by atoms with van der Waals surface area (Å²) in [5, 5.41) is 0. The van der Waals surface area contributed by atoms with E-state index in [9.17, 15) is 0 Å². The molecule has 0 saturated carbocycles. The van der Waals surface area contributed by atoms with Crippen LogP contribution < -0.4 is 0 Å². The van der Waals surface area contributed by atoms with E-state index >= 15 is 0 Å². The van der Waals surface area contributed by atoms with Crippen LogP contribution in [-0.4, -0.2) is 4.75 Å². The van der Waals surface area contributed by atoms with Crippen molar-refractivity contribution in [3.8, 4) is 11.1 Å². The SMILES string of the molecule is C=C(C1=C(SC(C)(C)C)C(=C(C)C)C1)c1ccc(C(C)(C)c2ccc3c(c2)C(CCCCCCCC)(CCCCCCCC)c2cc(C(C)(C)c4ccc(C)cc4)ccc2-3)cc1.CCC(C)(C)C. The number of aryl methyl sites for hydroxylation is 1. The average Bonchev–Trinajstić information content (AvgIpc) is 3.55. The average molecular weight is 934 g/mol. The monoisotopic (exact) mass is 933 g/mol. The third-order valence-corrected chi connectivity index (χ3v) is 17.1. The van der Waals surface area contributed by atoms with Crippen LogP contribution in [0.2, 0.25) is 0 Å². The van der Waals surface area contributed by atoms with Crippen LogP contribution in [0.5, 0.6) is 0 Å². The first-order valence-corrected chi connectivity index (χ1v) is 28.1. The van der Waals surface area contributed by atoms with Crippen LogP contribution in [0.3, 0.4) is 0 Å². The lowest BCUT2D eigenvalue weighted by atomic mass is 9.68. The van der Waals surface area contributed by atoms with Gasteiger partial charge in [0.1, 0.15) is 0 Å². The van der Waals surface area contributed by atoms with E-state index < -0.39 is 0 Å². The van der Waals surface area contributed by atoms with Crippen LogP contribution in [-0.2, 0) is 16.2 Å². The lowest BCUT2D eigenvalue weighted by molar-refractivity contribution is 0.396. The molecule has 4 aromatic rings. The van der Waals surface area contributed by atoms with E-state index in [2.05, 4.69) is 202 Å². The highest BCUT2D eigenvalue weighted by molar-refractivity contribution is 8.04. The molecule has 0 atom stereocenters. The zero-order valence-corrected chi connectivity index (χ0v) is 47.3. The van der Waals surface area contributed by atoms with Gasteiger partial charge in [0.05, 0.1) is 0 Å². The summed E-state index contributed by atoms with van der Waals surface area (Å²) in [5.41, 5.74) is 20.1. The van der Waals surface area contributed by atoms with Gasteiger partial charge in [-0.15, -0.1) is 11.8 Å². The number of rotatable bonds is 21. The molecule has 2 aliphatic rings. The Morgan fingerprint density at radius 1 is 0.544 bits per heavy atom. The molecule has 4 aromatic carbocycles. The van der Waals surface area contributed by atoms with Crippen molar-refractivity contribution < 1.29 is 0 Å². The number of allylic oxidation sites excluding steroid dienone is 4. The molecular weight excluding hydrogens is 837 g/mol. The number of fused-ring (bicyclic) bond motifs is 3. The first-order valence-electron chi connectivity index (χ1n) is 27.3. The maximum Gasteiger partial charge on any atom is 0.0215 e. The molecule has 1 heteroatoms. The van der Waals surface area contributed by atoms with Crippen LogP contribution >= 0.6 is 11.8 Å². The van der Waals surface area contributed by atoms with Gasteiger partial charge < -0.3 is 0 Å². The quantitative estimate of drug-likeness (QED) is 0.0750. The predicted octanol–water partition coefficient (Wildman–Crippen LogP) is 21.4. The number of benzene rings is 4. The number of hydrogen-bond donors (Lipinski definition) is 0. The molecule has 0 heterocycles. The van der Waals surface area contributed by atoms with Crippen LogP contribution in [0.4, 0.5) is 0 Å². The molecule has 0 fully saturated rings. The van der Waals surface area contributed by atoms with Gasteiger partial charge in [0.2, 0.25) is 0 Å². The zero-order valence-electron chi connectivity index (χ0n) is 46.5. The van der Waals surface area contributed by atoms with Gasteiger partial charge in [0, 0.05) is 32.3 Å². The molecule has 0 nitrogen and oxygen atoms in total. The van der Waals surface area contributed by atoms with E-state index in [0.29, 0.717) is 5.41 Å². The van der Waals surface area contributed by atoms with Crippen LogP contribution in [0.25, 0.3) is 16.7 Å². The molecular formula is C67H96S. The van der Waals surface area contributed by atoms with E-state index in [0.717, 1.165) is 6.42 Å². The summed E-state index contributed by atoms with van der Waals surface area (Å²) in [6.45, 7) is 41.7. The number of unbranched alkanes of at least 4 members (excludes halogenated alkanes) is 10. The van der Waals surface area contributed by atoms with Crippen molar-refractivity contribution in [3.63, 3.8) is 0 Å². The largest absolute Gasteiger partial charge is 0.120 e. The van der Waals surface area contributed by atoms with Gasteiger partial charge in [-0.05, 0) is 106 Å². The second-order valence-electron chi connectivity index (χ2n) is 24.4. The van der Waals surface area contributed by atoms with Crippen LogP contribution in [0, 0.1) is 12.3 Å². The third-order valence-electron chi connectivity index (χ3n) is 15.8.